The van der Waals surface area contributed by atoms with E-state index in [9.17, 15) is 4.39 Å². The summed E-state index contributed by atoms with van der Waals surface area (Å²) in [6, 6.07) is 3.73. The fourth-order valence-corrected chi connectivity index (χ4v) is 1.41. The summed E-state index contributed by atoms with van der Waals surface area (Å²) in [6.45, 7) is 2.84. The van der Waals surface area contributed by atoms with Crippen LogP contribution in [0.2, 0.25) is 0 Å². The van der Waals surface area contributed by atoms with Gasteiger partial charge >= 0.3 is 0 Å². The lowest BCUT2D eigenvalue weighted by atomic mass is 10.2. The monoisotopic (exact) mass is 252 g/mol. The quantitative estimate of drug-likeness (QED) is 0.828. The zero-order chi connectivity index (χ0) is 13.0. The number of phenols is 1. The van der Waals surface area contributed by atoms with E-state index in [4.69, 9.17) is 14.4 Å². The molecule has 1 N–H and O–H groups in total. The molecule has 0 saturated heterocycles. The van der Waals surface area contributed by atoms with Crippen LogP contribution in [0.4, 0.5) is 4.39 Å². The number of hydrogen-bond donors (Lipinski definition) is 1. The first-order valence-electron chi connectivity index (χ1n) is 5.60. The molecule has 0 atom stereocenters. The van der Waals surface area contributed by atoms with Crippen LogP contribution in [0.1, 0.15) is 19.2 Å². The molecule has 6 heteroatoms. The van der Waals surface area contributed by atoms with Crippen LogP contribution in [0.3, 0.4) is 0 Å². The molecule has 0 unspecified atom stereocenters. The average Bonchev–Trinajstić information content (AvgIpc) is 2.78. The van der Waals surface area contributed by atoms with Crippen molar-refractivity contribution in [3.63, 3.8) is 0 Å². The van der Waals surface area contributed by atoms with E-state index in [1.165, 1.54) is 12.1 Å². The van der Waals surface area contributed by atoms with Crippen molar-refractivity contribution >= 4 is 0 Å². The Morgan fingerprint density at radius 3 is 3.00 bits per heavy atom. The maximum absolute atomic E-state index is 13.5. The molecule has 0 fully saturated rings. The standard InChI is InChI=1S/C12H13FN2O3/c1-2-5-17-7-11-14-12(18-15-11)9-4-3-8(16)6-10(9)13/h3-4,6,16H,2,5,7H2,1H3. The number of phenolic OH excluding ortho intramolecular Hbond substituents is 1. The van der Waals surface area contributed by atoms with Crippen molar-refractivity contribution < 1.29 is 18.8 Å². The zero-order valence-corrected chi connectivity index (χ0v) is 9.89. The van der Waals surface area contributed by atoms with Crippen LogP contribution in [0.25, 0.3) is 11.5 Å². The van der Waals surface area contributed by atoms with Gasteiger partial charge in [0.2, 0.25) is 0 Å². The van der Waals surface area contributed by atoms with Crippen LogP contribution in [0.15, 0.2) is 22.7 Å². The number of aromatic nitrogens is 2. The number of benzene rings is 1. The summed E-state index contributed by atoms with van der Waals surface area (Å²) in [6.07, 6.45) is 0.900. The topological polar surface area (TPSA) is 68.4 Å². The molecule has 0 aliphatic heterocycles. The fourth-order valence-electron chi connectivity index (χ4n) is 1.41. The second-order valence-corrected chi connectivity index (χ2v) is 3.73. The van der Waals surface area contributed by atoms with E-state index in [0.29, 0.717) is 12.4 Å². The number of hydrogen-bond acceptors (Lipinski definition) is 5. The molecule has 1 aromatic carbocycles. The van der Waals surface area contributed by atoms with Crippen LogP contribution < -0.4 is 0 Å². The molecule has 0 spiro atoms. The van der Waals surface area contributed by atoms with Crippen molar-refractivity contribution in [2.24, 2.45) is 0 Å². The van der Waals surface area contributed by atoms with Gasteiger partial charge in [0, 0.05) is 12.7 Å². The minimum atomic E-state index is -0.611. The highest BCUT2D eigenvalue weighted by molar-refractivity contribution is 5.55. The summed E-state index contributed by atoms with van der Waals surface area (Å²) in [7, 11) is 0. The fraction of sp³-hybridized carbons (Fsp3) is 0.333. The molecule has 0 amide bonds. The summed E-state index contributed by atoms with van der Waals surface area (Å²) >= 11 is 0. The van der Waals surface area contributed by atoms with Gasteiger partial charge in [-0.1, -0.05) is 12.1 Å². The molecule has 96 valence electrons. The van der Waals surface area contributed by atoms with E-state index in [2.05, 4.69) is 10.1 Å². The molecular formula is C12H13FN2O3. The molecule has 18 heavy (non-hydrogen) atoms. The molecule has 5 nitrogen and oxygen atoms in total. The Labute approximate surface area is 103 Å². The molecule has 2 aromatic rings. The van der Waals surface area contributed by atoms with Gasteiger partial charge in [0.05, 0.1) is 5.56 Å². The first kappa shape index (κ1) is 12.5. The molecule has 2 rings (SSSR count). The predicted octanol–water partition coefficient (Wildman–Crippen LogP) is 2.51. The number of nitrogens with zero attached hydrogens (tertiary/aromatic N) is 2. The number of ether oxygens (including phenoxy) is 1. The van der Waals surface area contributed by atoms with Crippen molar-refractivity contribution in [1.29, 1.82) is 0 Å². The van der Waals surface area contributed by atoms with E-state index >= 15 is 0 Å². The van der Waals surface area contributed by atoms with Gasteiger partial charge in [-0.05, 0) is 18.6 Å². The highest BCUT2D eigenvalue weighted by Gasteiger charge is 2.13. The predicted molar refractivity (Wildman–Crippen MR) is 61.3 cm³/mol. The van der Waals surface area contributed by atoms with Crippen LogP contribution in [-0.2, 0) is 11.3 Å². The third-order valence-electron chi connectivity index (χ3n) is 2.23. The van der Waals surface area contributed by atoms with Crippen LogP contribution in [0.5, 0.6) is 5.75 Å². The summed E-state index contributed by atoms with van der Waals surface area (Å²) < 4.78 is 23.7. The summed E-state index contributed by atoms with van der Waals surface area (Å²) in [5, 5.41) is 12.8. The SMILES string of the molecule is CCCOCc1noc(-c2ccc(O)cc2F)n1. The first-order chi connectivity index (χ1) is 8.70. The number of rotatable bonds is 5. The number of halogens is 1. The summed E-state index contributed by atoms with van der Waals surface area (Å²) in [5.41, 5.74) is 0.155. The lowest BCUT2D eigenvalue weighted by molar-refractivity contribution is 0.114. The lowest BCUT2D eigenvalue weighted by Gasteiger charge is -1.97. The molecular weight excluding hydrogens is 239 g/mol. The van der Waals surface area contributed by atoms with Crippen LogP contribution in [-0.4, -0.2) is 21.9 Å². The summed E-state index contributed by atoms with van der Waals surface area (Å²) in [5.74, 6) is -0.324. The van der Waals surface area contributed by atoms with Gasteiger partial charge in [-0.15, -0.1) is 0 Å². The van der Waals surface area contributed by atoms with Crippen molar-refractivity contribution in [2.75, 3.05) is 6.61 Å². The second-order valence-electron chi connectivity index (χ2n) is 3.73. The van der Waals surface area contributed by atoms with E-state index < -0.39 is 5.82 Å². The molecule has 0 aliphatic rings. The third kappa shape index (κ3) is 2.84. The van der Waals surface area contributed by atoms with Gasteiger partial charge < -0.3 is 14.4 Å². The Morgan fingerprint density at radius 1 is 1.44 bits per heavy atom. The van der Waals surface area contributed by atoms with Crippen molar-refractivity contribution in [2.45, 2.75) is 20.0 Å². The van der Waals surface area contributed by atoms with Gasteiger partial charge in [0.15, 0.2) is 5.82 Å². The van der Waals surface area contributed by atoms with Gasteiger partial charge in [0.25, 0.3) is 5.89 Å². The Hall–Kier alpha value is -1.95. The maximum atomic E-state index is 13.5. The Morgan fingerprint density at radius 2 is 2.28 bits per heavy atom. The Bertz CT molecular complexity index is 528. The molecule has 0 bridgehead atoms. The molecule has 0 saturated carbocycles. The normalized spacial score (nSPS) is 10.8. The molecule has 1 heterocycles. The van der Waals surface area contributed by atoms with Gasteiger partial charge in [0.1, 0.15) is 18.2 Å². The van der Waals surface area contributed by atoms with Crippen molar-refractivity contribution in [3.05, 3.63) is 29.8 Å². The largest absolute Gasteiger partial charge is 0.508 e. The van der Waals surface area contributed by atoms with E-state index in [1.807, 2.05) is 6.92 Å². The minimum absolute atomic E-state index is 0.0719. The maximum Gasteiger partial charge on any atom is 0.260 e. The van der Waals surface area contributed by atoms with Crippen LogP contribution >= 0.6 is 0 Å². The van der Waals surface area contributed by atoms with E-state index in [1.54, 1.807) is 0 Å². The molecule has 1 aromatic heterocycles. The van der Waals surface area contributed by atoms with Gasteiger partial charge in [-0.2, -0.15) is 4.98 Å². The smallest absolute Gasteiger partial charge is 0.260 e. The number of aromatic hydroxyl groups is 1. The lowest BCUT2D eigenvalue weighted by Crippen LogP contribution is -1.95. The van der Waals surface area contributed by atoms with Gasteiger partial charge in [-0.25, -0.2) is 4.39 Å². The highest BCUT2D eigenvalue weighted by Crippen LogP contribution is 2.24. The van der Waals surface area contributed by atoms with Gasteiger partial charge in [-0.3, -0.25) is 0 Å². The molecule has 0 aliphatic carbocycles. The highest BCUT2D eigenvalue weighted by atomic mass is 19.1. The zero-order valence-electron chi connectivity index (χ0n) is 9.89. The first-order valence-corrected chi connectivity index (χ1v) is 5.60. The Balaban J connectivity index is 2.13. The van der Waals surface area contributed by atoms with Crippen molar-refractivity contribution in [3.8, 4) is 17.2 Å². The van der Waals surface area contributed by atoms with Crippen molar-refractivity contribution in [1.82, 2.24) is 10.1 Å². The minimum Gasteiger partial charge on any atom is -0.508 e. The van der Waals surface area contributed by atoms with E-state index in [-0.39, 0.29) is 23.8 Å². The molecule has 0 radical (unpaired) electrons. The van der Waals surface area contributed by atoms with E-state index in [0.717, 1.165) is 12.5 Å². The summed E-state index contributed by atoms with van der Waals surface area (Å²) in [4.78, 5) is 4.02. The second kappa shape index (κ2) is 5.59. The average molecular weight is 252 g/mol. The Kier molecular flexibility index (Phi) is 3.88. The van der Waals surface area contributed by atoms with Crippen LogP contribution in [0, 0.1) is 5.82 Å². The third-order valence-corrected chi connectivity index (χ3v) is 2.23.